The Hall–Kier alpha value is -2.62. The average Bonchev–Trinajstić information content (AvgIpc) is 2.66. The summed E-state index contributed by atoms with van der Waals surface area (Å²) in [6, 6.07) is 17.0. The van der Waals surface area contributed by atoms with Crippen LogP contribution in [0.2, 0.25) is 0 Å². The molecule has 0 radical (unpaired) electrons. The van der Waals surface area contributed by atoms with Gasteiger partial charge < -0.3 is 10.6 Å². The second-order valence-corrected chi connectivity index (χ2v) is 7.50. The van der Waals surface area contributed by atoms with Gasteiger partial charge in [-0.15, -0.1) is 0 Å². The van der Waals surface area contributed by atoms with Gasteiger partial charge in [-0.3, -0.25) is 9.59 Å². The zero-order chi connectivity index (χ0) is 19.8. The number of carbonyl (C=O) groups excluding carboxylic acids is 2. The van der Waals surface area contributed by atoms with Crippen molar-refractivity contribution >= 4 is 11.8 Å². The highest BCUT2D eigenvalue weighted by molar-refractivity contribution is 5.97. The Morgan fingerprint density at radius 1 is 0.889 bits per heavy atom. The lowest BCUT2D eigenvalue weighted by Gasteiger charge is -2.22. The molecule has 0 aliphatic carbocycles. The van der Waals surface area contributed by atoms with Gasteiger partial charge in [0.15, 0.2) is 0 Å². The Bertz CT molecular complexity index is 737. The molecule has 0 saturated carbocycles. The molecule has 4 nitrogen and oxygen atoms in total. The van der Waals surface area contributed by atoms with E-state index in [1.54, 1.807) is 0 Å². The van der Waals surface area contributed by atoms with Crippen LogP contribution in [0.15, 0.2) is 54.6 Å². The van der Waals surface area contributed by atoms with Gasteiger partial charge in [0.2, 0.25) is 5.91 Å². The lowest BCUT2D eigenvalue weighted by Crippen LogP contribution is -2.50. The average molecular weight is 367 g/mol. The first-order valence-electron chi connectivity index (χ1n) is 9.61. The van der Waals surface area contributed by atoms with Crippen molar-refractivity contribution in [3.63, 3.8) is 0 Å². The van der Waals surface area contributed by atoms with Crippen molar-refractivity contribution in [2.24, 2.45) is 5.92 Å². The zero-order valence-electron chi connectivity index (χ0n) is 16.7. The van der Waals surface area contributed by atoms with Crippen LogP contribution in [-0.2, 0) is 11.2 Å². The monoisotopic (exact) mass is 366 g/mol. The van der Waals surface area contributed by atoms with Crippen LogP contribution in [0.25, 0.3) is 0 Å². The van der Waals surface area contributed by atoms with Crippen molar-refractivity contribution in [3.8, 4) is 0 Å². The summed E-state index contributed by atoms with van der Waals surface area (Å²) >= 11 is 0. The van der Waals surface area contributed by atoms with Crippen LogP contribution in [0.4, 0.5) is 0 Å². The van der Waals surface area contributed by atoms with E-state index in [1.165, 1.54) is 11.1 Å². The molecule has 4 heteroatoms. The number of hydrogen-bond donors (Lipinski definition) is 2. The van der Waals surface area contributed by atoms with Gasteiger partial charge in [-0.2, -0.15) is 0 Å². The van der Waals surface area contributed by atoms with Crippen molar-refractivity contribution < 1.29 is 9.59 Å². The third-order valence-corrected chi connectivity index (χ3v) is 4.63. The second kappa shape index (κ2) is 9.91. The molecule has 2 N–H and O–H groups in total. The van der Waals surface area contributed by atoms with Gasteiger partial charge in [-0.05, 0) is 41.5 Å². The van der Waals surface area contributed by atoms with Crippen LogP contribution in [0.3, 0.4) is 0 Å². The molecule has 0 fully saturated rings. The number of hydrogen-bond acceptors (Lipinski definition) is 2. The van der Waals surface area contributed by atoms with E-state index in [-0.39, 0.29) is 17.7 Å². The summed E-state index contributed by atoms with van der Waals surface area (Å²) in [5.74, 6) is 0.0526. The van der Waals surface area contributed by atoms with E-state index in [9.17, 15) is 9.59 Å². The van der Waals surface area contributed by atoms with Crippen LogP contribution < -0.4 is 10.6 Å². The van der Waals surface area contributed by atoms with Crippen molar-refractivity contribution in [3.05, 3.63) is 71.3 Å². The second-order valence-electron chi connectivity index (χ2n) is 7.50. The Kier molecular flexibility index (Phi) is 7.59. The molecule has 1 atom stereocenters. The SMILES string of the molecule is CC(C)c1ccc(C(=O)N[C@H](C(=O)NCCc2ccccc2)C(C)C)cc1. The molecule has 2 aromatic rings. The van der Waals surface area contributed by atoms with Gasteiger partial charge in [0.05, 0.1) is 0 Å². The Balaban J connectivity index is 1.93. The predicted octanol–water partition coefficient (Wildman–Crippen LogP) is 3.92. The van der Waals surface area contributed by atoms with Crippen LogP contribution in [-0.4, -0.2) is 24.4 Å². The molecular formula is C23H30N2O2. The lowest BCUT2D eigenvalue weighted by molar-refractivity contribution is -0.123. The molecule has 0 aliphatic heterocycles. The Morgan fingerprint density at radius 2 is 1.52 bits per heavy atom. The topological polar surface area (TPSA) is 58.2 Å². The van der Waals surface area contributed by atoms with E-state index in [1.807, 2.05) is 68.4 Å². The smallest absolute Gasteiger partial charge is 0.251 e. The molecular weight excluding hydrogens is 336 g/mol. The number of rotatable bonds is 8. The summed E-state index contributed by atoms with van der Waals surface area (Å²) in [6.07, 6.45) is 0.766. The van der Waals surface area contributed by atoms with Crippen LogP contribution >= 0.6 is 0 Å². The highest BCUT2D eigenvalue weighted by Crippen LogP contribution is 2.15. The minimum Gasteiger partial charge on any atom is -0.354 e. The molecule has 0 unspecified atom stereocenters. The summed E-state index contributed by atoms with van der Waals surface area (Å²) in [5, 5.41) is 5.82. The Morgan fingerprint density at radius 3 is 2.07 bits per heavy atom. The van der Waals surface area contributed by atoms with Gasteiger partial charge in [0, 0.05) is 12.1 Å². The van der Waals surface area contributed by atoms with Crippen LogP contribution in [0.1, 0.15) is 55.1 Å². The lowest BCUT2D eigenvalue weighted by atomic mass is 10.0. The van der Waals surface area contributed by atoms with Gasteiger partial charge in [0.1, 0.15) is 6.04 Å². The van der Waals surface area contributed by atoms with Crippen molar-refractivity contribution in [1.29, 1.82) is 0 Å². The molecule has 2 amide bonds. The van der Waals surface area contributed by atoms with E-state index in [0.29, 0.717) is 18.0 Å². The fraction of sp³-hybridized carbons (Fsp3) is 0.391. The van der Waals surface area contributed by atoms with Gasteiger partial charge in [-0.1, -0.05) is 70.2 Å². The van der Waals surface area contributed by atoms with E-state index in [4.69, 9.17) is 0 Å². The maximum absolute atomic E-state index is 12.6. The van der Waals surface area contributed by atoms with E-state index < -0.39 is 6.04 Å². The van der Waals surface area contributed by atoms with Crippen LogP contribution in [0.5, 0.6) is 0 Å². The molecule has 0 saturated heterocycles. The third-order valence-electron chi connectivity index (χ3n) is 4.63. The third kappa shape index (κ3) is 6.24. The summed E-state index contributed by atoms with van der Waals surface area (Å²) < 4.78 is 0. The quantitative estimate of drug-likeness (QED) is 0.744. The predicted molar refractivity (Wildman–Crippen MR) is 110 cm³/mol. The van der Waals surface area contributed by atoms with Gasteiger partial charge in [-0.25, -0.2) is 0 Å². The van der Waals surface area contributed by atoms with Gasteiger partial charge >= 0.3 is 0 Å². The maximum atomic E-state index is 12.6. The molecule has 0 bridgehead atoms. The molecule has 144 valence electrons. The fourth-order valence-corrected chi connectivity index (χ4v) is 2.86. The minimum absolute atomic E-state index is 0.000567. The van der Waals surface area contributed by atoms with E-state index in [2.05, 4.69) is 24.5 Å². The first kappa shape index (κ1) is 20.7. The number of carbonyl (C=O) groups is 2. The number of nitrogens with one attached hydrogen (secondary N) is 2. The van der Waals surface area contributed by atoms with Crippen molar-refractivity contribution in [2.75, 3.05) is 6.54 Å². The highest BCUT2D eigenvalue weighted by Gasteiger charge is 2.24. The maximum Gasteiger partial charge on any atom is 0.251 e. The first-order valence-corrected chi connectivity index (χ1v) is 9.61. The summed E-state index contributed by atoms with van der Waals surface area (Å²) in [7, 11) is 0. The van der Waals surface area contributed by atoms with E-state index in [0.717, 1.165) is 6.42 Å². The van der Waals surface area contributed by atoms with Gasteiger partial charge in [0.25, 0.3) is 5.91 Å². The number of amides is 2. The summed E-state index contributed by atoms with van der Waals surface area (Å²) in [5.41, 5.74) is 2.93. The van der Waals surface area contributed by atoms with E-state index >= 15 is 0 Å². The Labute approximate surface area is 162 Å². The van der Waals surface area contributed by atoms with Crippen LogP contribution in [0, 0.1) is 5.92 Å². The molecule has 0 spiro atoms. The number of benzene rings is 2. The summed E-state index contributed by atoms with van der Waals surface area (Å²) in [6.45, 7) is 8.64. The largest absolute Gasteiger partial charge is 0.354 e. The fourth-order valence-electron chi connectivity index (χ4n) is 2.86. The zero-order valence-corrected chi connectivity index (χ0v) is 16.7. The molecule has 27 heavy (non-hydrogen) atoms. The normalized spacial score (nSPS) is 12.1. The molecule has 2 rings (SSSR count). The molecule has 0 aromatic heterocycles. The minimum atomic E-state index is -0.557. The van der Waals surface area contributed by atoms with Crippen molar-refractivity contribution in [1.82, 2.24) is 10.6 Å². The highest BCUT2D eigenvalue weighted by atomic mass is 16.2. The molecule has 0 aliphatic rings. The summed E-state index contributed by atoms with van der Waals surface area (Å²) in [4.78, 5) is 25.1. The molecule has 0 heterocycles. The standard InChI is InChI=1S/C23H30N2O2/c1-16(2)19-10-12-20(13-11-19)22(26)25-21(17(3)4)23(27)24-15-14-18-8-6-5-7-9-18/h5-13,16-17,21H,14-15H2,1-4H3,(H,24,27)(H,25,26)/t21-/m0/s1. The van der Waals surface area contributed by atoms with Crippen molar-refractivity contribution in [2.45, 2.75) is 46.1 Å². The first-order chi connectivity index (χ1) is 12.9. The molecule has 2 aromatic carbocycles.